The van der Waals surface area contributed by atoms with Crippen LogP contribution in [0.4, 0.5) is 5.69 Å². The molecule has 1 aromatic heterocycles. The molecule has 0 radical (unpaired) electrons. The first-order valence-corrected chi connectivity index (χ1v) is 7.71. The van der Waals surface area contributed by atoms with E-state index in [4.69, 9.17) is 0 Å². The summed E-state index contributed by atoms with van der Waals surface area (Å²) in [4.78, 5) is 12.4. The Balaban J connectivity index is 1.77. The van der Waals surface area contributed by atoms with Crippen LogP contribution < -0.4 is 5.32 Å². The van der Waals surface area contributed by atoms with Gasteiger partial charge >= 0.3 is 0 Å². The van der Waals surface area contributed by atoms with Gasteiger partial charge in [0.2, 0.25) is 11.1 Å². The molecule has 1 N–H and O–H groups in total. The molecule has 3 aromatic rings. The van der Waals surface area contributed by atoms with Gasteiger partial charge in [-0.2, -0.15) is 0 Å². The lowest BCUT2D eigenvalue weighted by molar-refractivity contribution is -0.115. The second-order valence-electron chi connectivity index (χ2n) is 4.86. The highest BCUT2D eigenvalue weighted by molar-refractivity contribution is 8.00. The second kappa shape index (κ2) is 6.15. The summed E-state index contributed by atoms with van der Waals surface area (Å²) in [7, 11) is 1.75. The molecule has 0 saturated heterocycles. The molecular weight excluding hydrogens is 298 g/mol. The summed E-state index contributed by atoms with van der Waals surface area (Å²) in [5.41, 5.74) is 0.812. The van der Waals surface area contributed by atoms with Gasteiger partial charge in [0.1, 0.15) is 0 Å². The third-order valence-electron chi connectivity index (χ3n) is 3.28. The van der Waals surface area contributed by atoms with Crippen LogP contribution in [0.1, 0.15) is 6.92 Å². The third-order valence-corrected chi connectivity index (χ3v) is 4.40. The highest BCUT2D eigenvalue weighted by atomic mass is 32.2. The first kappa shape index (κ1) is 14.5. The number of nitrogens with one attached hydrogen (secondary N) is 1. The third kappa shape index (κ3) is 2.94. The monoisotopic (exact) mass is 313 g/mol. The Kier molecular flexibility index (Phi) is 4.06. The second-order valence-corrected chi connectivity index (χ2v) is 6.17. The van der Waals surface area contributed by atoms with E-state index in [1.54, 1.807) is 11.7 Å². The first-order valence-electron chi connectivity index (χ1n) is 6.83. The fraction of sp³-hybridized carbons (Fsp3) is 0.200. The minimum atomic E-state index is -0.302. The van der Waals surface area contributed by atoms with Crippen molar-refractivity contribution in [3.8, 4) is 0 Å². The number of hydrogen-bond donors (Lipinski definition) is 1. The van der Waals surface area contributed by atoms with E-state index in [-0.39, 0.29) is 11.2 Å². The normalized spacial score (nSPS) is 12.3. The molecule has 3 rings (SSSR count). The SMILES string of the molecule is CC(Sc1nnnn1C)C(=O)Nc1cccc2ccccc12. The molecule has 22 heavy (non-hydrogen) atoms. The minimum absolute atomic E-state index is 0.0793. The topological polar surface area (TPSA) is 72.7 Å². The number of fused-ring (bicyclic) bond motifs is 1. The van der Waals surface area contributed by atoms with Crippen molar-refractivity contribution in [2.24, 2.45) is 7.05 Å². The van der Waals surface area contributed by atoms with Crippen molar-refractivity contribution >= 4 is 34.1 Å². The lowest BCUT2D eigenvalue weighted by atomic mass is 10.1. The van der Waals surface area contributed by atoms with Crippen LogP contribution in [-0.4, -0.2) is 31.4 Å². The quantitative estimate of drug-likeness (QED) is 0.749. The molecule has 0 aliphatic rings. The fourth-order valence-corrected chi connectivity index (χ4v) is 2.86. The van der Waals surface area contributed by atoms with Crippen LogP contribution in [0.15, 0.2) is 47.6 Å². The van der Waals surface area contributed by atoms with Crippen molar-refractivity contribution in [3.05, 3.63) is 42.5 Å². The molecule has 1 unspecified atom stereocenters. The molecule has 6 nitrogen and oxygen atoms in total. The predicted molar refractivity (Wildman–Crippen MR) is 86.7 cm³/mol. The molecule has 0 aliphatic heterocycles. The fourth-order valence-electron chi connectivity index (χ4n) is 2.10. The molecular formula is C15H15N5OS. The average Bonchev–Trinajstić information content (AvgIpc) is 2.93. The summed E-state index contributed by atoms with van der Waals surface area (Å²) in [6, 6.07) is 13.8. The van der Waals surface area contributed by atoms with E-state index in [0.717, 1.165) is 16.5 Å². The number of tetrazole rings is 1. The van der Waals surface area contributed by atoms with Gasteiger partial charge in [-0.05, 0) is 28.8 Å². The zero-order valence-corrected chi connectivity index (χ0v) is 13.0. The van der Waals surface area contributed by atoms with Crippen LogP contribution in [0.2, 0.25) is 0 Å². The Labute approximate surface area is 131 Å². The van der Waals surface area contributed by atoms with E-state index in [1.165, 1.54) is 11.8 Å². The van der Waals surface area contributed by atoms with Crippen molar-refractivity contribution in [2.75, 3.05) is 5.32 Å². The maximum atomic E-state index is 12.4. The van der Waals surface area contributed by atoms with Crippen LogP contribution in [-0.2, 0) is 11.8 Å². The number of aromatic nitrogens is 4. The summed E-state index contributed by atoms with van der Waals surface area (Å²) < 4.78 is 1.55. The zero-order chi connectivity index (χ0) is 15.5. The number of amides is 1. The van der Waals surface area contributed by atoms with Crippen molar-refractivity contribution in [1.29, 1.82) is 0 Å². The summed E-state index contributed by atoms with van der Waals surface area (Å²) in [5.74, 6) is -0.0793. The summed E-state index contributed by atoms with van der Waals surface area (Å²) in [6.07, 6.45) is 0. The van der Waals surface area contributed by atoms with Gasteiger partial charge in [0.05, 0.1) is 5.25 Å². The Morgan fingerprint density at radius 3 is 2.77 bits per heavy atom. The number of hydrogen-bond acceptors (Lipinski definition) is 5. The van der Waals surface area contributed by atoms with E-state index < -0.39 is 0 Å². The van der Waals surface area contributed by atoms with Crippen molar-refractivity contribution in [3.63, 3.8) is 0 Å². The molecule has 7 heteroatoms. The number of carbonyl (C=O) groups excluding carboxylic acids is 1. The van der Waals surface area contributed by atoms with Crippen molar-refractivity contribution in [2.45, 2.75) is 17.3 Å². The predicted octanol–water partition coefficient (Wildman–Crippen LogP) is 2.48. The summed E-state index contributed by atoms with van der Waals surface area (Å²) >= 11 is 1.32. The molecule has 0 fully saturated rings. The number of anilines is 1. The molecule has 0 spiro atoms. The van der Waals surface area contributed by atoms with E-state index in [1.807, 2.05) is 49.4 Å². The average molecular weight is 313 g/mol. The molecule has 0 aliphatic carbocycles. The van der Waals surface area contributed by atoms with Gasteiger partial charge in [-0.3, -0.25) is 4.79 Å². The molecule has 1 atom stereocenters. The van der Waals surface area contributed by atoms with Crippen molar-refractivity contribution in [1.82, 2.24) is 20.2 Å². The molecule has 1 amide bonds. The van der Waals surface area contributed by atoms with Gasteiger partial charge in [-0.1, -0.05) is 48.2 Å². The standard InChI is InChI=1S/C15H15N5OS/c1-10(22-15-17-18-19-20(15)2)14(21)16-13-9-5-7-11-6-3-4-8-12(11)13/h3-10H,1-2H3,(H,16,21). The Hall–Kier alpha value is -2.41. The van der Waals surface area contributed by atoms with Crippen LogP contribution in [0.3, 0.4) is 0 Å². The van der Waals surface area contributed by atoms with Crippen LogP contribution in [0.25, 0.3) is 10.8 Å². The smallest absolute Gasteiger partial charge is 0.237 e. The maximum Gasteiger partial charge on any atom is 0.237 e. The highest BCUT2D eigenvalue weighted by Gasteiger charge is 2.18. The van der Waals surface area contributed by atoms with E-state index in [9.17, 15) is 4.79 Å². The van der Waals surface area contributed by atoms with Crippen molar-refractivity contribution < 1.29 is 4.79 Å². The molecule has 112 valence electrons. The zero-order valence-electron chi connectivity index (χ0n) is 12.2. The van der Waals surface area contributed by atoms with Gasteiger partial charge in [0.25, 0.3) is 0 Å². The molecule has 2 aromatic carbocycles. The number of aryl methyl sites for hydroxylation is 1. The number of benzene rings is 2. The van der Waals surface area contributed by atoms with E-state index in [2.05, 4.69) is 20.8 Å². The summed E-state index contributed by atoms with van der Waals surface area (Å²) in [5, 5.41) is 16.6. The van der Waals surface area contributed by atoms with E-state index in [0.29, 0.717) is 5.16 Å². The van der Waals surface area contributed by atoms with Gasteiger partial charge in [0, 0.05) is 18.1 Å². The van der Waals surface area contributed by atoms with Gasteiger partial charge in [-0.15, -0.1) is 5.10 Å². The lowest BCUT2D eigenvalue weighted by Gasteiger charge is -2.12. The largest absolute Gasteiger partial charge is 0.325 e. The molecule has 0 saturated carbocycles. The number of nitrogens with zero attached hydrogens (tertiary/aromatic N) is 4. The first-order chi connectivity index (χ1) is 10.6. The summed E-state index contributed by atoms with van der Waals surface area (Å²) in [6.45, 7) is 1.83. The van der Waals surface area contributed by atoms with Gasteiger partial charge < -0.3 is 5.32 Å². The Morgan fingerprint density at radius 2 is 2.00 bits per heavy atom. The molecule has 1 heterocycles. The number of carbonyl (C=O) groups is 1. The number of thioether (sulfide) groups is 1. The Morgan fingerprint density at radius 1 is 1.23 bits per heavy atom. The minimum Gasteiger partial charge on any atom is -0.325 e. The van der Waals surface area contributed by atoms with Crippen LogP contribution in [0, 0.1) is 0 Å². The van der Waals surface area contributed by atoms with Crippen LogP contribution >= 0.6 is 11.8 Å². The lowest BCUT2D eigenvalue weighted by Crippen LogP contribution is -2.23. The van der Waals surface area contributed by atoms with Gasteiger partial charge in [0.15, 0.2) is 0 Å². The van der Waals surface area contributed by atoms with Gasteiger partial charge in [-0.25, -0.2) is 4.68 Å². The molecule has 0 bridgehead atoms. The number of rotatable bonds is 4. The maximum absolute atomic E-state index is 12.4. The van der Waals surface area contributed by atoms with E-state index >= 15 is 0 Å². The highest BCUT2D eigenvalue weighted by Crippen LogP contribution is 2.25. The van der Waals surface area contributed by atoms with Crippen LogP contribution in [0.5, 0.6) is 0 Å². The Bertz CT molecular complexity index is 811.